The lowest BCUT2D eigenvalue weighted by atomic mass is 9.92. The number of nitrogens with two attached hydrogens (primary N) is 1. The van der Waals surface area contributed by atoms with Crippen LogP contribution in [0.5, 0.6) is 0 Å². The number of piperidine rings is 1. The van der Waals surface area contributed by atoms with Gasteiger partial charge in [0.25, 0.3) is 5.91 Å². The van der Waals surface area contributed by atoms with E-state index in [0.29, 0.717) is 37.7 Å². The molecule has 6 nitrogen and oxygen atoms in total. The van der Waals surface area contributed by atoms with E-state index in [9.17, 15) is 13.2 Å². The van der Waals surface area contributed by atoms with Crippen molar-refractivity contribution in [2.24, 2.45) is 11.7 Å². The number of nitrogens with zero attached hydrogens (tertiary/aromatic N) is 2. The molecule has 0 aromatic heterocycles. The standard InChI is InChI=1S/C20H31N3O3S/c1-16(21)18-9-7-11-22(15-18)20(24)17-8-6-10-19(14-17)27(25,26)23-12-4-2-3-5-13-23/h6,8,10,14,16,18H,2-5,7,9,11-13,15,21H2,1H3. The molecule has 2 atom stereocenters. The maximum absolute atomic E-state index is 13.0. The molecule has 2 aliphatic rings. The fourth-order valence-electron chi connectivity index (χ4n) is 4.03. The first-order chi connectivity index (χ1) is 12.9. The monoisotopic (exact) mass is 393 g/mol. The SMILES string of the molecule is CC(N)C1CCCN(C(=O)c2cccc(S(=O)(=O)N3CCCCCC3)c2)C1. The van der Waals surface area contributed by atoms with E-state index in [-0.39, 0.29) is 16.8 Å². The first kappa shape index (κ1) is 20.3. The summed E-state index contributed by atoms with van der Waals surface area (Å²) in [6.45, 7) is 4.43. The third kappa shape index (κ3) is 4.70. The van der Waals surface area contributed by atoms with Gasteiger partial charge in [0, 0.05) is 37.8 Å². The van der Waals surface area contributed by atoms with Gasteiger partial charge in [-0.1, -0.05) is 18.9 Å². The molecule has 1 aromatic rings. The summed E-state index contributed by atoms with van der Waals surface area (Å²) in [7, 11) is -3.55. The number of amides is 1. The van der Waals surface area contributed by atoms with Crippen LogP contribution in [0.4, 0.5) is 0 Å². The Hall–Kier alpha value is -1.44. The summed E-state index contributed by atoms with van der Waals surface area (Å²) in [6.07, 6.45) is 5.89. The number of likely N-dealkylation sites (tertiary alicyclic amines) is 1. The van der Waals surface area contributed by atoms with Gasteiger partial charge in [-0.15, -0.1) is 0 Å². The van der Waals surface area contributed by atoms with Gasteiger partial charge in [0.05, 0.1) is 4.90 Å². The van der Waals surface area contributed by atoms with Crippen molar-refractivity contribution in [3.63, 3.8) is 0 Å². The molecule has 0 bridgehead atoms. The zero-order chi connectivity index (χ0) is 19.4. The van der Waals surface area contributed by atoms with Crippen LogP contribution in [0.1, 0.15) is 55.8 Å². The molecular formula is C20H31N3O3S. The molecule has 0 saturated carbocycles. The Kier molecular flexibility index (Phi) is 6.55. The summed E-state index contributed by atoms with van der Waals surface area (Å²) in [4.78, 5) is 15.0. The first-order valence-corrected chi connectivity index (χ1v) is 11.5. The van der Waals surface area contributed by atoms with Crippen molar-refractivity contribution in [3.05, 3.63) is 29.8 Å². The lowest BCUT2D eigenvalue weighted by Crippen LogP contribution is -2.45. The highest BCUT2D eigenvalue weighted by Gasteiger charge is 2.29. The Morgan fingerprint density at radius 3 is 2.48 bits per heavy atom. The molecule has 7 heteroatoms. The van der Waals surface area contributed by atoms with Crippen LogP contribution >= 0.6 is 0 Å². The normalized spacial score (nSPS) is 23.6. The number of hydrogen-bond acceptors (Lipinski definition) is 4. The fourth-order valence-corrected chi connectivity index (χ4v) is 5.59. The summed E-state index contributed by atoms with van der Waals surface area (Å²) < 4.78 is 27.6. The number of benzene rings is 1. The van der Waals surface area contributed by atoms with E-state index in [4.69, 9.17) is 5.73 Å². The van der Waals surface area contributed by atoms with Crippen molar-refractivity contribution in [1.82, 2.24) is 9.21 Å². The zero-order valence-electron chi connectivity index (χ0n) is 16.1. The van der Waals surface area contributed by atoms with Gasteiger partial charge >= 0.3 is 0 Å². The maximum Gasteiger partial charge on any atom is 0.253 e. The van der Waals surface area contributed by atoms with Crippen LogP contribution in [0, 0.1) is 5.92 Å². The van der Waals surface area contributed by atoms with E-state index in [0.717, 1.165) is 38.5 Å². The van der Waals surface area contributed by atoms with E-state index in [1.54, 1.807) is 22.5 Å². The largest absolute Gasteiger partial charge is 0.338 e. The molecule has 0 aliphatic carbocycles. The molecule has 2 N–H and O–H groups in total. The van der Waals surface area contributed by atoms with Gasteiger partial charge in [-0.05, 0) is 56.7 Å². The Bertz CT molecular complexity index is 755. The second-order valence-electron chi connectivity index (χ2n) is 7.86. The van der Waals surface area contributed by atoms with E-state index in [1.807, 2.05) is 11.8 Å². The van der Waals surface area contributed by atoms with Gasteiger partial charge in [0.2, 0.25) is 10.0 Å². The lowest BCUT2D eigenvalue weighted by Gasteiger charge is -2.34. The van der Waals surface area contributed by atoms with Crippen molar-refractivity contribution >= 4 is 15.9 Å². The van der Waals surface area contributed by atoms with Gasteiger partial charge in [0.1, 0.15) is 0 Å². The van der Waals surface area contributed by atoms with Crippen molar-refractivity contribution in [2.45, 2.75) is 56.4 Å². The Balaban J connectivity index is 1.79. The molecule has 1 amide bonds. The Morgan fingerprint density at radius 1 is 1.11 bits per heavy atom. The zero-order valence-corrected chi connectivity index (χ0v) is 17.0. The number of carbonyl (C=O) groups is 1. The molecule has 1 aromatic carbocycles. The van der Waals surface area contributed by atoms with Gasteiger partial charge in [-0.25, -0.2) is 8.42 Å². The molecule has 150 valence electrons. The predicted octanol–water partition coefficient (Wildman–Crippen LogP) is 2.45. The molecule has 2 aliphatic heterocycles. The van der Waals surface area contributed by atoms with Gasteiger partial charge in [-0.2, -0.15) is 4.31 Å². The Labute approximate surface area is 162 Å². The highest BCUT2D eigenvalue weighted by Crippen LogP contribution is 2.24. The van der Waals surface area contributed by atoms with E-state index in [2.05, 4.69) is 0 Å². The van der Waals surface area contributed by atoms with Gasteiger partial charge < -0.3 is 10.6 Å². The van der Waals surface area contributed by atoms with Crippen molar-refractivity contribution in [3.8, 4) is 0 Å². The van der Waals surface area contributed by atoms with Crippen LogP contribution in [-0.2, 0) is 10.0 Å². The van der Waals surface area contributed by atoms with Crippen molar-refractivity contribution in [1.29, 1.82) is 0 Å². The minimum Gasteiger partial charge on any atom is -0.338 e. The molecule has 0 radical (unpaired) electrons. The van der Waals surface area contributed by atoms with Gasteiger partial charge in [0.15, 0.2) is 0 Å². The average Bonchev–Trinajstić information content (AvgIpc) is 2.97. The first-order valence-electron chi connectivity index (χ1n) is 10.0. The fraction of sp³-hybridized carbons (Fsp3) is 0.650. The van der Waals surface area contributed by atoms with Crippen LogP contribution in [0.3, 0.4) is 0 Å². The molecule has 2 saturated heterocycles. The average molecular weight is 394 g/mol. The number of sulfonamides is 1. The quantitative estimate of drug-likeness (QED) is 0.852. The molecule has 2 heterocycles. The summed E-state index contributed by atoms with van der Waals surface area (Å²) >= 11 is 0. The van der Waals surface area contributed by atoms with E-state index < -0.39 is 10.0 Å². The van der Waals surface area contributed by atoms with E-state index in [1.165, 1.54) is 6.07 Å². The van der Waals surface area contributed by atoms with E-state index >= 15 is 0 Å². The van der Waals surface area contributed by atoms with Crippen LogP contribution < -0.4 is 5.73 Å². The van der Waals surface area contributed by atoms with Crippen molar-refractivity contribution < 1.29 is 13.2 Å². The maximum atomic E-state index is 13.0. The third-order valence-corrected chi connectivity index (χ3v) is 7.67. The van der Waals surface area contributed by atoms with Crippen molar-refractivity contribution in [2.75, 3.05) is 26.2 Å². The summed E-state index contributed by atoms with van der Waals surface area (Å²) in [5.41, 5.74) is 6.46. The molecule has 0 spiro atoms. The number of carbonyl (C=O) groups excluding carboxylic acids is 1. The summed E-state index contributed by atoms with van der Waals surface area (Å²) in [5.74, 6) is 0.194. The Morgan fingerprint density at radius 2 is 1.81 bits per heavy atom. The topological polar surface area (TPSA) is 83.7 Å². The lowest BCUT2D eigenvalue weighted by molar-refractivity contribution is 0.0660. The smallest absolute Gasteiger partial charge is 0.253 e. The van der Waals surface area contributed by atoms with Crippen LogP contribution in [0.2, 0.25) is 0 Å². The molecular weight excluding hydrogens is 362 g/mol. The summed E-state index contributed by atoms with van der Waals surface area (Å²) in [5, 5.41) is 0. The van der Waals surface area contributed by atoms with Crippen LogP contribution in [-0.4, -0.2) is 55.8 Å². The minimum atomic E-state index is -3.55. The highest BCUT2D eigenvalue weighted by atomic mass is 32.2. The highest BCUT2D eigenvalue weighted by molar-refractivity contribution is 7.89. The van der Waals surface area contributed by atoms with Gasteiger partial charge in [-0.3, -0.25) is 4.79 Å². The van der Waals surface area contributed by atoms with Crippen LogP contribution in [0.25, 0.3) is 0 Å². The minimum absolute atomic E-state index is 0.0512. The summed E-state index contributed by atoms with van der Waals surface area (Å²) in [6, 6.07) is 6.57. The van der Waals surface area contributed by atoms with Crippen LogP contribution in [0.15, 0.2) is 29.2 Å². The number of hydrogen-bond donors (Lipinski definition) is 1. The molecule has 2 unspecified atom stereocenters. The number of rotatable bonds is 4. The predicted molar refractivity (Wildman–Crippen MR) is 106 cm³/mol. The molecule has 3 rings (SSSR count). The molecule has 2 fully saturated rings. The molecule has 27 heavy (non-hydrogen) atoms. The third-order valence-electron chi connectivity index (χ3n) is 5.77. The second-order valence-corrected chi connectivity index (χ2v) is 9.80. The second kappa shape index (κ2) is 8.71.